The van der Waals surface area contributed by atoms with Crippen LogP contribution in [0.25, 0.3) is 0 Å². The minimum absolute atomic E-state index is 0.142. The van der Waals surface area contributed by atoms with E-state index in [2.05, 4.69) is 5.32 Å². The van der Waals surface area contributed by atoms with Crippen LogP contribution >= 0.6 is 0 Å². The molecule has 1 heterocycles. The number of rotatable bonds is 5. The van der Waals surface area contributed by atoms with Crippen LogP contribution in [0.5, 0.6) is 0 Å². The molecule has 2 aliphatic rings. The maximum Gasteiger partial charge on any atom is 0.227 e. The molecule has 1 saturated carbocycles. The quantitative estimate of drug-likeness (QED) is 0.694. The molecule has 0 spiro atoms. The third-order valence-electron chi connectivity index (χ3n) is 3.50. The monoisotopic (exact) mass is 212 g/mol. The van der Waals surface area contributed by atoms with Crippen LogP contribution < -0.4 is 11.1 Å². The van der Waals surface area contributed by atoms with Gasteiger partial charge in [0.25, 0.3) is 0 Å². The molecule has 1 atom stereocenters. The molecule has 2 rings (SSSR count). The van der Waals surface area contributed by atoms with Crippen LogP contribution in [0.1, 0.15) is 32.1 Å². The van der Waals surface area contributed by atoms with Gasteiger partial charge in [-0.15, -0.1) is 0 Å². The molecule has 1 amide bonds. The molecular formula is C11H20N2O2. The highest BCUT2D eigenvalue weighted by Gasteiger charge is 2.48. The van der Waals surface area contributed by atoms with Crippen LogP contribution in [0, 0.1) is 5.41 Å². The summed E-state index contributed by atoms with van der Waals surface area (Å²) in [5.41, 5.74) is 5.37. The molecule has 1 unspecified atom stereocenters. The van der Waals surface area contributed by atoms with Crippen molar-refractivity contribution in [1.29, 1.82) is 0 Å². The van der Waals surface area contributed by atoms with Gasteiger partial charge in [0.05, 0.1) is 11.5 Å². The second-order valence-corrected chi connectivity index (χ2v) is 4.66. The lowest BCUT2D eigenvalue weighted by Crippen LogP contribution is -2.37. The van der Waals surface area contributed by atoms with E-state index < -0.39 is 0 Å². The van der Waals surface area contributed by atoms with Gasteiger partial charge in [-0.1, -0.05) is 0 Å². The van der Waals surface area contributed by atoms with Crippen molar-refractivity contribution in [3.05, 3.63) is 0 Å². The third kappa shape index (κ3) is 2.49. The van der Waals surface area contributed by atoms with E-state index >= 15 is 0 Å². The van der Waals surface area contributed by atoms with E-state index in [0.29, 0.717) is 12.6 Å². The molecule has 2 fully saturated rings. The number of amides is 1. The van der Waals surface area contributed by atoms with Crippen LogP contribution in [0.4, 0.5) is 0 Å². The number of nitrogens with two attached hydrogens (primary N) is 1. The van der Waals surface area contributed by atoms with Gasteiger partial charge in [-0.05, 0) is 32.1 Å². The van der Waals surface area contributed by atoms with Gasteiger partial charge in [0, 0.05) is 19.7 Å². The van der Waals surface area contributed by atoms with Crippen LogP contribution in [0.3, 0.4) is 0 Å². The smallest absolute Gasteiger partial charge is 0.227 e. The lowest BCUT2D eigenvalue weighted by atomic mass is 10.1. The highest BCUT2D eigenvalue weighted by Crippen LogP contribution is 2.44. The molecular weight excluding hydrogens is 192 g/mol. The van der Waals surface area contributed by atoms with Gasteiger partial charge in [0.2, 0.25) is 5.91 Å². The van der Waals surface area contributed by atoms with E-state index in [0.717, 1.165) is 45.3 Å². The van der Waals surface area contributed by atoms with E-state index in [9.17, 15) is 4.79 Å². The Kier molecular flexibility index (Phi) is 3.26. The first kappa shape index (κ1) is 10.9. The lowest BCUT2D eigenvalue weighted by molar-refractivity contribution is -0.126. The summed E-state index contributed by atoms with van der Waals surface area (Å²) in [6, 6.07) is 0. The summed E-state index contributed by atoms with van der Waals surface area (Å²) in [6.07, 6.45) is 5.50. The van der Waals surface area contributed by atoms with Crippen molar-refractivity contribution in [2.45, 2.75) is 38.2 Å². The van der Waals surface area contributed by atoms with Gasteiger partial charge in [-0.25, -0.2) is 0 Å². The standard InChI is InChI=1S/C11H20N2O2/c12-8-11(4-5-11)10(14)13-6-3-9-2-1-7-15-9/h9H,1-8,12H2,(H,13,14). The van der Waals surface area contributed by atoms with Crippen molar-refractivity contribution in [1.82, 2.24) is 5.32 Å². The maximum absolute atomic E-state index is 11.7. The fraction of sp³-hybridized carbons (Fsp3) is 0.909. The number of carbonyl (C=O) groups excluding carboxylic acids is 1. The average molecular weight is 212 g/mol. The molecule has 0 bridgehead atoms. The fourth-order valence-corrected chi connectivity index (χ4v) is 2.08. The number of hydrogen-bond acceptors (Lipinski definition) is 3. The molecule has 0 aromatic rings. The summed E-state index contributed by atoms with van der Waals surface area (Å²) in [4.78, 5) is 11.7. The normalized spacial score (nSPS) is 27.7. The summed E-state index contributed by atoms with van der Waals surface area (Å²) in [5, 5.41) is 2.96. The number of carbonyl (C=O) groups is 1. The summed E-state index contributed by atoms with van der Waals surface area (Å²) in [5.74, 6) is 0.142. The predicted molar refractivity (Wildman–Crippen MR) is 57.3 cm³/mol. The topological polar surface area (TPSA) is 64.4 Å². The van der Waals surface area contributed by atoms with Crippen LogP contribution in [0.15, 0.2) is 0 Å². The molecule has 0 aromatic carbocycles. The minimum atomic E-state index is -0.212. The Bertz CT molecular complexity index is 233. The Morgan fingerprint density at radius 3 is 2.87 bits per heavy atom. The first-order chi connectivity index (χ1) is 7.27. The summed E-state index contributed by atoms with van der Waals surface area (Å²) >= 11 is 0. The van der Waals surface area contributed by atoms with E-state index in [1.54, 1.807) is 0 Å². The highest BCUT2D eigenvalue weighted by atomic mass is 16.5. The molecule has 1 aliphatic heterocycles. The molecule has 1 aliphatic carbocycles. The molecule has 15 heavy (non-hydrogen) atoms. The largest absolute Gasteiger partial charge is 0.378 e. The zero-order valence-electron chi connectivity index (χ0n) is 9.13. The Balaban J connectivity index is 1.63. The van der Waals surface area contributed by atoms with Gasteiger partial charge in [0.1, 0.15) is 0 Å². The van der Waals surface area contributed by atoms with E-state index in [1.165, 1.54) is 0 Å². The third-order valence-corrected chi connectivity index (χ3v) is 3.50. The minimum Gasteiger partial charge on any atom is -0.378 e. The maximum atomic E-state index is 11.7. The Morgan fingerprint density at radius 2 is 2.33 bits per heavy atom. The van der Waals surface area contributed by atoms with E-state index in [1.807, 2.05) is 0 Å². The number of nitrogens with one attached hydrogen (secondary N) is 1. The molecule has 86 valence electrons. The summed E-state index contributed by atoms with van der Waals surface area (Å²) in [7, 11) is 0. The van der Waals surface area contributed by atoms with Gasteiger partial charge >= 0.3 is 0 Å². The van der Waals surface area contributed by atoms with E-state index in [4.69, 9.17) is 10.5 Å². The van der Waals surface area contributed by atoms with Crippen molar-refractivity contribution in [3.8, 4) is 0 Å². The second kappa shape index (κ2) is 4.49. The molecule has 0 aromatic heterocycles. The molecule has 4 nitrogen and oxygen atoms in total. The molecule has 1 saturated heterocycles. The lowest BCUT2D eigenvalue weighted by Gasteiger charge is -2.14. The first-order valence-electron chi connectivity index (χ1n) is 5.87. The van der Waals surface area contributed by atoms with Crippen molar-refractivity contribution >= 4 is 5.91 Å². The van der Waals surface area contributed by atoms with Gasteiger partial charge < -0.3 is 15.8 Å². The first-order valence-corrected chi connectivity index (χ1v) is 5.87. The SMILES string of the molecule is NCC1(C(=O)NCCC2CCCO2)CC1. The molecule has 4 heteroatoms. The second-order valence-electron chi connectivity index (χ2n) is 4.66. The zero-order chi connectivity index (χ0) is 10.7. The zero-order valence-corrected chi connectivity index (χ0v) is 9.13. The van der Waals surface area contributed by atoms with Gasteiger partial charge in [0.15, 0.2) is 0 Å². The van der Waals surface area contributed by atoms with Crippen molar-refractivity contribution in [2.75, 3.05) is 19.7 Å². The number of ether oxygens (including phenoxy) is 1. The highest BCUT2D eigenvalue weighted by molar-refractivity contribution is 5.85. The number of hydrogen-bond donors (Lipinski definition) is 2. The molecule has 0 radical (unpaired) electrons. The predicted octanol–water partition coefficient (Wildman–Crippen LogP) is 0.411. The van der Waals surface area contributed by atoms with Crippen molar-refractivity contribution in [3.63, 3.8) is 0 Å². The van der Waals surface area contributed by atoms with Gasteiger partial charge in [-0.3, -0.25) is 4.79 Å². The van der Waals surface area contributed by atoms with Crippen LogP contribution in [-0.4, -0.2) is 31.7 Å². The Labute approximate surface area is 90.5 Å². The van der Waals surface area contributed by atoms with Crippen molar-refractivity contribution < 1.29 is 9.53 Å². The van der Waals surface area contributed by atoms with Gasteiger partial charge in [-0.2, -0.15) is 0 Å². The summed E-state index contributed by atoms with van der Waals surface area (Å²) in [6.45, 7) is 2.09. The average Bonchev–Trinajstić information content (AvgIpc) is 2.90. The Hall–Kier alpha value is -0.610. The van der Waals surface area contributed by atoms with Crippen LogP contribution in [0.2, 0.25) is 0 Å². The van der Waals surface area contributed by atoms with Crippen LogP contribution in [-0.2, 0) is 9.53 Å². The Morgan fingerprint density at radius 1 is 1.53 bits per heavy atom. The van der Waals surface area contributed by atoms with Crippen molar-refractivity contribution in [2.24, 2.45) is 11.1 Å². The summed E-state index contributed by atoms with van der Waals surface area (Å²) < 4.78 is 5.49. The molecule has 3 N–H and O–H groups in total. The van der Waals surface area contributed by atoms with E-state index in [-0.39, 0.29) is 11.3 Å². The fourth-order valence-electron chi connectivity index (χ4n) is 2.08.